The zero-order valence-corrected chi connectivity index (χ0v) is 8.64. The Morgan fingerprint density at radius 3 is 3.07 bits per heavy atom. The van der Waals surface area contributed by atoms with Gasteiger partial charge in [0.15, 0.2) is 0 Å². The van der Waals surface area contributed by atoms with E-state index in [-0.39, 0.29) is 0 Å². The first-order valence-electron chi connectivity index (χ1n) is 5.40. The number of anilines is 1. The Balaban J connectivity index is 2.38. The van der Waals surface area contributed by atoms with E-state index in [0.717, 1.165) is 37.1 Å². The van der Waals surface area contributed by atoms with Crippen molar-refractivity contribution < 1.29 is 5.11 Å². The third-order valence-electron chi connectivity index (χ3n) is 2.79. The lowest BCUT2D eigenvalue weighted by molar-refractivity contribution is 0.468. The van der Waals surface area contributed by atoms with Crippen molar-refractivity contribution in [1.29, 1.82) is 0 Å². The van der Waals surface area contributed by atoms with E-state index < -0.39 is 0 Å². The van der Waals surface area contributed by atoms with E-state index in [4.69, 9.17) is 0 Å². The van der Waals surface area contributed by atoms with Crippen molar-refractivity contribution in [3.8, 4) is 5.75 Å². The number of aromatic hydroxyl groups is 1. The number of benzene rings is 1. The van der Waals surface area contributed by atoms with Gasteiger partial charge >= 0.3 is 0 Å². The Morgan fingerprint density at radius 2 is 2.29 bits per heavy atom. The van der Waals surface area contributed by atoms with Gasteiger partial charge < -0.3 is 10.4 Å². The van der Waals surface area contributed by atoms with Crippen LogP contribution in [0.25, 0.3) is 0 Å². The molecule has 76 valence electrons. The van der Waals surface area contributed by atoms with Gasteiger partial charge in [-0.2, -0.15) is 0 Å². The van der Waals surface area contributed by atoms with Crippen LogP contribution in [0.5, 0.6) is 5.75 Å². The van der Waals surface area contributed by atoms with Gasteiger partial charge in [-0.25, -0.2) is 0 Å². The zero-order valence-electron chi connectivity index (χ0n) is 8.64. The monoisotopic (exact) mass is 191 g/mol. The van der Waals surface area contributed by atoms with Crippen LogP contribution in [-0.4, -0.2) is 11.7 Å². The number of nitrogens with one attached hydrogen (secondary N) is 1. The third-order valence-corrected chi connectivity index (χ3v) is 2.79. The Hall–Kier alpha value is -1.18. The topological polar surface area (TPSA) is 32.3 Å². The lowest BCUT2D eigenvalue weighted by Crippen LogP contribution is -2.12. The van der Waals surface area contributed by atoms with Crippen LogP contribution in [-0.2, 0) is 12.8 Å². The summed E-state index contributed by atoms with van der Waals surface area (Å²) in [5, 5.41) is 13.3. The van der Waals surface area contributed by atoms with Crippen molar-refractivity contribution in [2.45, 2.75) is 32.6 Å². The fourth-order valence-corrected chi connectivity index (χ4v) is 2.04. The second-order valence-corrected chi connectivity index (χ2v) is 3.89. The Labute approximate surface area is 85.0 Å². The fourth-order valence-electron chi connectivity index (χ4n) is 2.04. The molecule has 0 unspecified atom stereocenters. The molecule has 1 aromatic carbocycles. The molecule has 1 aromatic rings. The first-order chi connectivity index (χ1) is 6.83. The number of hydrogen-bond donors (Lipinski definition) is 2. The maximum atomic E-state index is 10.0. The van der Waals surface area contributed by atoms with Gasteiger partial charge in [0, 0.05) is 6.54 Å². The number of phenols is 1. The fraction of sp³-hybridized carbons (Fsp3) is 0.500. The molecule has 2 nitrogen and oxygen atoms in total. The number of aryl methyl sites for hydroxylation is 2. The highest BCUT2D eigenvalue weighted by Crippen LogP contribution is 2.34. The highest BCUT2D eigenvalue weighted by molar-refractivity contribution is 5.65. The molecule has 0 aromatic heterocycles. The van der Waals surface area contributed by atoms with Gasteiger partial charge in [0.1, 0.15) is 5.75 Å². The molecule has 0 bridgehead atoms. The van der Waals surface area contributed by atoms with Crippen LogP contribution in [0.1, 0.15) is 30.9 Å². The maximum absolute atomic E-state index is 10.0. The van der Waals surface area contributed by atoms with Gasteiger partial charge in [-0.1, -0.05) is 25.5 Å². The predicted octanol–water partition coefficient (Wildman–Crippen LogP) is 2.70. The number of fused-ring (bicyclic) bond motifs is 1. The lowest BCUT2D eigenvalue weighted by atomic mass is 9.98. The maximum Gasteiger partial charge on any atom is 0.142 e. The van der Waals surface area contributed by atoms with Crippen molar-refractivity contribution in [1.82, 2.24) is 0 Å². The summed E-state index contributed by atoms with van der Waals surface area (Å²) < 4.78 is 0. The quantitative estimate of drug-likeness (QED) is 0.704. The second kappa shape index (κ2) is 3.91. The van der Waals surface area contributed by atoms with Gasteiger partial charge in [-0.15, -0.1) is 0 Å². The summed E-state index contributed by atoms with van der Waals surface area (Å²) in [6.07, 6.45) is 4.29. The summed E-state index contributed by atoms with van der Waals surface area (Å²) in [6.45, 7) is 3.11. The minimum absolute atomic E-state index is 0.476. The van der Waals surface area contributed by atoms with E-state index in [9.17, 15) is 5.11 Å². The van der Waals surface area contributed by atoms with Crippen molar-refractivity contribution in [3.05, 3.63) is 23.3 Å². The SMILES string of the molecule is CCCc1ccc2c(c1O)NCCC2. The van der Waals surface area contributed by atoms with E-state index in [2.05, 4.69) is 24.4 Å². The molecule has 1 aliphatic heterocycles. The molecule has 0 radical (unpaired) electrons. The van der Waals surface area contributed by atoms with Gasteiger partial charge in [-0.3, -0.25) is 0 Å². The molecular weight excluding hydrogens is 174 g/mol. The lowest BCUT2D eigenvalue weighted by Gasteiger charge is -2.20. The summed E-state index contributed by atoms with van der Waals surface area (Å²) in [5.41, 5.74) is 3.30. The summed E-state index contributed by atoms with van der Waals surface area (Å²) in [7, 11) is 0. The predicted molar refractivity (Wildman–Crippen MR) is 58.9 cm³/mol. The molecule has 0 atom stereocenters. The van der Waals surface area contributed by atoms with Crippen LogP contribution in [0, 0.1) is 0 Å². The van der Waals surface area contributed by atoms with Crippen molar-refractivity contribution in [3.63, 3.8) is 0 Å². The second-order valence-electron chi connectivity index (χ2n) is 3.89. The molecule has 0 spiro atoms. The first kappa shape index (κ1) is 9.38. The normalized spacial score (nSPS) is 14.6. The van der Waals surface area contributed by atoms with Crippen LogP contribution < -0.4 is 5.32 Å². The molecule has 14 heavy (non-hydrogen) atoms. The minimum Gasteiger partial charge on any atom is -0.505 e. The minimum atomic E-state index is 0.476. The molecule has 2 rings (SSSR count). The van der Waals surface area contributed by atoms with E-state index >= 15 is 0 Å². The van der Waals surface area contributed by atoms with Crippen molar-refractivity contribution >= 4 is 5.69 Å². The Morgan fingerprint density at radius 1 is 1.43 bits per heavy atom. The summed E-state index contributed by atoms with van der Waals surface area (Å²) in [5.74, 6) is 0.476. The molecule has 0 amide bonds. The average molecular weight is 191 g/mol. The van der Waals surface area contributed by atoms with Crippen molar-refractivity contribution in [2.24, 2.45) is 0 Å². The molecule has 1 aliphatic rings. The molecule has 1 heterocycles. The van der Waals surface area contributed by atoms with Gasteiger partial charge in [0.2, 0.25) is 0 Å². The highest BCUT2D eigenvalue weighted by atomic mass is 16.3. The summed E-state index contributed by atoms with van der Waals surface area (Å²) in [4.78, 5) is 0. The van der Waals surface area contributed by atoms with E-state index in [1.165, 1.54) is 12.0 Å². The molecular formula is C12H17NO. The summed E-state index contributed by atoms with van der Waals surface area (Å²) in [6, 6.07) is 4.21. The van der Waals surface area contributed by atoms with Gasteiger partial charge in [0.05, 0.1) is 5.69 Å². The van der Waals surface area contributed by atoms with Gasteiger partial charge in [0.25, 0.3) is 0 Å². The number of hydrogen-bond acceptors (Lipinski definition) is 2. The molecule has 0 fully saturated rings. The molecule has 0 saturated carbocycles. The molecule has 0 aliphatic carbocycles. The molecule has 2 heteroatoms. The number of rotatable bonds is 2. The zero-order chi connectivity index (χ0) is 9.97. The van der Waals surface area contributed by atoms with Gasteiger partial charge in [-0.05, 0) is 30.4 Å². The Kier molecular flexibility index (Phi) is 2.62. The average Bonchev–Trinajstić information content (AvgIpc) is 2.23. The largest absolute Gasteiger partial charge is 0.505 e. The smallest absolute Gasteiger partial charge is 0.142 e. The summed E-state index contributed by atoms with van der Waals surface area (Å²) >= 11 is 0. The highest BCUT2D eigenvalue weighted by Gasteiger charge is 2.14. The molecule has 0 saturated heterocycles. The van der Waals surface area contributed by atoms with E-state index in [1.807, 2.05) is 0 Å². The van der Waals surface area contributed by atoms with E-state index in [0.29, 0.717) is 5.75 Å². The van der Waals surface area contributed by atoms with Crippen LogP contribution >= 0.6 is 0 Å². The Bertz CT molecular complexity index is 333. The van der Waals surface area contributed by atoms with E-state index in [1.54, 1.807) is 0 Å². The first-order valence-corrected chi connectivity index (χ1v) is 5.40. The van der Waals surface area contributed by atoms with Crippen LogP contribution in [0.3, 0.4) is 0 Å². The number of phenolic OH excluding ortho intramolecular Hbond substituents is 1. The van der Waals surface area contributed by atoms with Crippen molar-refractivity contribution in [2.75, 3.05) is 11.9 Å². The molecule has 2 N–H and O–H groups in total. The third kappa shape index (κ3) is 1.57. The van der Waals surface area contributed by atoms with Crippen LogP contribution in [0.15, 0.2) is 12.1 Å². The standard InChI is InChI=1S/C12H17NO/c1-2-4-10-7-6-9-5-3-8-13-11(9)12(10)14/h6-7,13-14H,2-5,8H2,1H3. The van der Waals surface area contributed by atoms with Crippen LogP contribution in [0.4, 0.5) is 5.69 Å². The van der Waals surface area contributed by atoms with Crippen LogP contribution in [0.2, 0.25) is 0 Å².